The molecule has 0 atom stereocenters. The van der Waals surface area contributed by atoms with Crippen LogP contribution >= 0.6 is 11.8 Å². The molecule has 0 unspecified atom stereocenters. The van der Waals surface area contributed by atoms with E-state index in [0.717, 1.165) is 5.56 Å². The smallest absolute Gasteiger partial charge is 0.203 e. The second-order valence-electron chi connectivity index (χ2n) is 2.17. The quantitative estimate of drug-likeness (QED) is 0.638. The summed E-state index contributed by atoms with van der Waals surface area (Å²) in [6, 6.07) is 7.93. The average Bonchev–Trinajstić information content (AvgIpc) is 2.07. The molecule has 0 aliphatic carbocycles. The molecule has 0 aliphatic rings. The number of hydrogen-bond donors (Lipinski definition) is 0. The first kappa shape index (κ1) is 8.34. The summed E-state index contributed by atoms with van der Waals surface area (Å²) in [5.74, 6) is 0. The van der Waals surface area contributed by atoms with E-state index in [1.165, 1.54) is 4.90 Å². The molecule has 0 bridgehead atoms. The van der Waals surface area contributed by atoms with Crippen molar-refractivity contribution in [2.24, 2.45) is 0 Å². The van der Waals surface area contributed by atoms with E-state index in [-0.39, 0.29) is 0 Å². The fraction of sp³-hybridized carbons (Fsp3) is 0.222. The maximum Gasteiger partial charge on any atom is 0.203 e. The van der Waals surface area contributed by atoms with Crippen LogP contribution in [0.3, 0.4) is 0 Å². The Morgan fingerprint density at radius 2 is 2.00 bits per heavy atom. The minimum absolute atomic E-state index is 0.397. The van der Waals surface area contributed by atoms with E-state index in [2.05, 4.69) is 0 Å². The summed E-state index contributed by atoms with van der Waals surface area (Å²) in [5, 5.41) is 0. The molecule has 0 aliphatic heterocycles. The van der Waals surface area contributed by atoms with E-state index >= 15 is 0 Å². The number of hydrogen-bond acceptors (Lipinski definition) is 2. The molecule has 1 rings (SSSR count). The van der Waals surface area contributed by atoms with Crippen molar-refractivity contribution in [3.63, 3.8) is 0 Å². The first-order valence-electron chi connectivity index (χ1n) is 3.34. The zero-order valence-corrected chi connectivity index (χ0v) is 7.15. The van der Waals surface area contributed by atoms with Gasteiger partial charge in [-0.25, -0.2) is 0 Å². The maximum absolute atomic E-state index is 10.00. The van der Waals surface area contributed by atoms with E-state index in [4.69, 9.17) is 0 Å². The van der Waals surface area contributed by atoms with Gasteiger partial charge in [-0.15, -0.1) is 11.8 Å². The standard InChI is InChI=1S/C9H9OS/c1-11-9-4-2-8(3-5-9)6-7-10/h2-5H,6H2,1H3. The summed E-state index contributed by atoms with van der Waals surface area (Å²) in [4.78, 5) is 11.2. The van der Waals surface area contributed by atoms with Crippen LogP contribution in [0.4, 0.5) is 0 Å². The molecular formula is C9H9OS. The predicted octanol–water partition coefficient (Wildman–Crippen LogP) is 2.06. The number of benzene rings is 1. The van der Waals surface area contributed by atoms with Crippen LogP contribution < -0.4 is 0 Å². The third-order valence-corrected chi connectivity index (χ3v) is 2.18. The van der Waals surface area contributed by atoms with Gasteiger partial charge in [-0.2, -0.15) is 0 Å². The molecule has 57 valence electrons. The summed E-state index contributed by atoms with van der Waals surface area (Å²) in [6.45, 7) is 0. The lowest BCUT2D eigenvalue weighted by Crippen LogP contribution is -1.83. The van der Waals surface area contributed by atoms with E-state index in [0.29, 0.717) is 6.42 Å². The maximum atomic E-state index is 10.00. The topological polar surface area (TPSA) is 17.1 Å². The van der Waals surface area contributed by atoms with Gasteiger partial charge in [0.2, 0.25) is 6.29 Å². The van der Waals surface area contributed by atoms with E-state index in [1.54, 1.807) is 11.8 Å². The molecule has 0 N–H and O–H groups in total. The molecule has 0 heterocycles. The van der Waals surface area contributed by atoms with Crippen LogP contribution in [0.25, 0.3) is 0 Å². The van der Waals surface area contributed by atoms with Crippen LogP contribution in [0.15, 0.2) is 29.2 Å². The zero-order chi connectivity index (χ0) is 8.10. The Labute approximate surface area is 70.8 Å². The second kappa shape index (κ2) is 4.19. The third-order valence-electron chi connectivity index (χ3n) is 1.44. The van der Waals surface area contributed by atoms with Gasteiger partial charge in [-0.05, 0) is 24.0 Å². The van der Waals surface area contributed by atoms with E-state index < -0.39 is 0 Å². The SMILES string of the molecule is CSc1ccc(C[C]=O)cc1. The molecule has 1 radical (unpaired) electrons. The highest BCUT2D eigenvalue weighted by molar-refractivity contribution is 7.98. The van der Waals surface area contributed by atoms with Gasteiger partial charge in [-0.1, -0.05) is 12.1 Å². The summed E-state index contributed by atoms with van der Waals surface area (Å²) in [7, 11) is 0. The van der Waals surface area contributed by atoms with Gasteiger partial charge in [-0.3, -0.25) is 4.79 Å². The Morgan fingerprint density at radius 1 is 1.36 bits per heavy atom. The molecule has 11 heavy (non-hydrogen) atoms. The molecule has 1 aromatic rings. The van der Waals surface area contributed by atoms with Gasteiger partial charge in [0.25, 0.3) is 0 Å². The number of thioether (sulfide) groups is 1. The highest BCUT2D eigenvalue weighted by Crippen LogP contribution is 2.14. The monoisotopic (exact) mass is 165 g/mol. The van der Waals surface area contributed by atoms with Crippen molar-refractivity contribution in [3.05, 3.63) is 29.8 Å². The van der Waals surface area contributed by atoms with E-state index in [9.17, 15) is 4.79 Å². The van der Waals surface area contributed by atoms with Gasteiger partial charge >= 0.3 is 0 Å². The molecule has 0 aromatic heterocycles. The van der Waals surface area contributed by atoms with Crippen molar-refractivity contribution >= 4 is 18.0 Å². The van der Waals surface area contributed by atoms with Gasteiger partial charge in [0.1, 0.15) is 0 Å². The first-order chi connectivity index (χ1) is 5.36. The Balaban J connectivity index is 2.74. The average molecular weight is 165 g/mol. The van der Waals surface area contributed by atoms with Gasteiger partial charge in [0.15, 0.2) is 0 Å². The molecular weight excluding hydrogens is 156 g/mol. The van der Waals surface area contributed by atoms with Crippen LogP contribution in [0.1, 0.15) is 5.56 Å². The molecule has 0 spiro atoms. The highest BCUT2D eigenvalue weighted by Gasteiger charge is 1.91. The van der Waals surface area contributed by atoms with Crippen LogP contribution in [-0.2, 0) is 11.2 Å². The largest absolute Gasteiger partial charge is 0.291 e. The third kappa shape index (κ3) is 2.39. The lowest BCUT2D eigenvalue weighted by atomic mass is 10.2. The van der Waals surface area contributed by atoms with E-state index in [1.807, 2.05) is 36.8 Å². The summed E-state index contributed by atoms with van der Waals surface area (Å²) >= 11 is 1.70. The zero-order valence-electron chi connectivity index (χ0n) is 6.33. The van der Waals surface area contributed by atoms with Crippen molar-refractivity contribution in [1.29, 1.82) is 0 Å². The van der Waals surface area contributed by atoms with Crippen molar-refractivity contribution < 1.29 is 4.79 Å². The highest BCUT2D eigenvalue weighted by atomic mass is 32.2. The molecule has 0 fully saturated rings. The normalized spacial score (nSPS) is 9.55. The minimum atomic E-state index is 0.397. The summed E-state index contributed by atoms with van der Waals surface area (Å²) in [5.41, 5.74) is 1.03. The molecule has 1 aromatic carbocycles. The van der Waals surface area contributed by atoms with Gasteiger partial charge < -0.3 is 0 Å². The summed E-state index contributed by atoms with van der Waals surface area (Å²) < 4.78 is 0. The van der Waals surface area contributed by atoms with Gasteiger partial charge in [0, 0.05) is 11.3 Å². The summed E-state index contributed by atoms with van der Waals surface area (Å²) in [6.07, 6.45) is 4.29. The van der Waals surface area contributed by atoms with Crippen molar-refractivity contribution in [2.75, 3.05) is 6.26 Å². The molecule has 1 nitrogen and oxygen atoms in total. The van der Waals surface area contributed by atoms with Crippen molar-refractivity contribution in [1.82, 2.24) is 0 Å². The predicted molar refractivity (Wildman–Crippen MR) is 47.6 cm³/mol. The minimum Gasteiger partial charge on any atom is -0.291 e. The fourth-order valence-electron chi connectivity index (χ4n) is 0.827. The van der Waals surface area contributed by atoms with Crippen LogP contribution in [-0.4, -0.2) is 12.5 Å². The molecule has 0 amide bonds. The fourth-order valence-corrected chi connectivity index (χ4v) is 1.23. The van der Waals surface area contributed by atoms with Crippen LogP contribution in [0.5, 0.6) is 0 Å². The Kier molecular flexibility index (Phi) is 3.17. The molecule has 2 heteroatoms. The lowest BCUT2D eigenvalue weighted by Gasteiger charge is -1.96. The van der Waals surface area contributed by atoms with Crippen LogP contribution in [0.2, 0.25) is 0 Å². The van der Waals surface area contributed by atoms with Crippen molar-refractivity contribution in [3.8, 4) is 0 Å². The first-order valence-corrected chi connectivity index (χ1v) is 4.57. The lowest BCUT2D eigenvalue weighted by molar-refractivity contribution is 0.555. The van der Waals surface area contributed by atoms with Gasteiger partial charge in [0.05, 0.1) is 0 Å². The van der Waals surface area contributed by atoms with Crippen molar-refractivity contribution in [2.45, 2.75) is 11.3 Å². The molecule has 0 saturated heterocycles. The Bertz CT molecular complexity index is 228. The second-order valence-corrected chi connectivity index (χ2v) is 3.05. The van der Waals surface area contributed by atoms with Crippen LogP contribution in [0, 0.1) is 0 Å². The molecule has 0 saturated carbocycles. The number of carbonyl (C=O) groups excluding carboxylic acids is 1. The number of rotatable bonds is 3. The Morgan fingerprint density at radius 3 is 2.45 bits per heavy atom. The Hall–Kier alpha value is -0.760.